The van der Waals surface area contributed by atoms with Crippen molar-refractivity contribution >= 4 is 28.8 Å². The van der Waals surface area contributed by atoms with Crippen LogP contribution >= 0.6 is 0 Å². The number of rotatable bonds is 5. The second-order valence-corrected chi connectivity index (χ2v) is 5.85. The summed E-state index contributed by atoms with van der Waals surface area (Å²) in [6.45, 7) is 0. The largest absolute Gasteiger partial charge is 0.455 e. The lowest BCUT2D eigenvalue weighted by atomic mass is 10.1. The van der Waals surface area contributed by atoms with Crippen LogP contribution < -0.4 is 5.43 Å². The van der Waals surface area contributed by atoms with E-state index in [9.17, 15) is 14.9 Å². The molecule has 0 aliphatic heterocycles. The number of fused-ring (bicyclic) bond motifs is 1. The van der Waals surface area contributed by atoms with E-state index < -0.39 is 10.8 Å². The summed E-state index contributed by atoms with van der Waals surface area (Å²) >= 11 is 0. The number of hydrazone groups is 1. The smallest absolute Gasteiger partial charge is 0.307 e. The molecule has 0 saturated heterocycles. The first-order chi connectivity index (χ1) is 13.6. The van der Waals surface area contributed by atoms with Gasteiger partial charge < -0.3 is 8.83 Å². The summed E-state index contributed by atoms with van der Waals surface area (Å²) in [7, 11) is 0. The van der Waals surface area contributed by atoms with E-state index in [2.05, 4.69) is 10.5 Å². The average molecular weight is 375 g/mol. The van der Waals surface area contributed by atoms with Crippen LogP contribution in [0.1, 0.15) is 16.3 Å². The molecule has 0 spiro atoms. The second-order valence-electron chi connectivity index (χ2n) is 5.85. The number of hydrogen-bond acceptors (Lipinski definition) is 6. The summed E-state index contributed by atoms with van der Waals surface area (Å²) in [5.74, 6) is 0.622. The Hall–Kier alpha value is -4.20. The molecule has 4 rings (SSSR count). The van der Waals surface area contributed by atoms with Crippen molar-refractivity contribution in [3.8, 4) is 11.3 Å². The number of amides is 1. The Morgan fingerprint density at radius 3 is 2.57 bits per heavy atom. The monoisotopic (exact) mass is 375 g/mol. The molecule has 0 saturated carbocycles. The molecule has 2 heterocycles. The van der Waals surface area contributed by atoms with Crippen LogP contribution in [0.15, 0.2) is 80.7 Å². The molecule has 2 aromatic carbocycles. The Morgan fingerprint density at radius 2 is 1.82 bits per heavy atom. The van der Waals surface area contributed by atoms with E-state index in [0.717, 1.165) is 5.39 Å². The maximum atomic E-state index is 12.1. The minimum atomic E-state index is -0.477. The fourth-order valence-electron chi connectivity index (χ4n) is 2.63. The number of furan rings is 2. The standard InChI is InChI=1S/C20H13N3O5/c24-20(19-11-14-3-1-2-4-17(14)28-19)22-21-12-16-9-10-18(27-16)13-5-7-15(8-6-13)23(25)26/h1-12H,(H,22,24)/b21-12-. The summed E-state index contributed by atoms with van der Waals surface area (Å²) < 4.78 is 11.1. The van der Waals surface area contributed by atoms with E-state index in [-0.39, 0.29) is 11.4 Å². The summed E-state index contributed by atoms with van der Waals surface area (Å²) in [4.78, 5) is 22.4. The van der Waals surface area contributed by atoms with Crippen LogP contribution in [0.3, 0.4) is 0 Å². The van der Waals surface area contributed by atoms with Gasteiger partial charge in [-0.1, -0.05) is 18.2 Å². The zero-order valence-corrected chi connectivity index (χ0v) is 14.4. The predicted molar refractivity (Wildman–Crippen MR) is 102 cm³/mol. The van der Waals surface area contributed by atoms with E-state index in [1.54, 1.807) is 36.4 Å². The SMILES string of the molecule is O=C(N/N=C\c1ccc(-c2ccc([N+](=O)[O-])cc2)o1)c1cc2ccccc2o1. The number of nitro groups is 1. The molecule has 0 bridgehead atoms. The normalized spacial score (nSPS) is 11.1. The van der Waals surface area contributed by atoms with E-state index in [1.807, 2.05) is 18.2 Å². The third-order valence-electron chi connectivity index (χ3n) is 4.00. The Bertz CT molecular complexity index is 1160. The minimum Gasteiger partial charge on any atom is -0.455 e. The average Bonchev–Trinajstić information content (AvgIpc) is 3.35. The van der Waals surface area contributed by atoms with Gasteiger partial charge in [0, 0.05) is 23.1 Å². The van der Waals surface area contributed by atoms with Gasteiger partial charge in [-0.15, -0.1) is 0 Å². The van der Waals surface area contributed by atoms with Crippen molar-refractivity contribution in [3.05, 3.63) is 88.4 Å². The molecule has 138 valence electrons. The highest BCUT2D eigenvalue weighted by molar-refractivity contribution is 5.96. The number of benzene rings is 2. The molecule has 0 radical (unpaired) electrons. The van der Waals surface area contributed by atoms with Gasteiger partial charge in [-0.25, -0.2) is 5.43 Å². The van der Waals surface area contributed by atoms with Crippen molar-refractivity contribution in [2.45, 2.75) is 0 Å². The molecule has 8 heteroatoms. The first kappa shape index (κ1) is 17.2. The number of nitrogens with zero attached hydrogens (tertiary/aromatic N) is 2. The van der Waals surface area contributed by atoms with Crippen LogP contribution in [-0.4, -0.2) is 17.0 Å². The first-order valence-electron chi connectivity index (χ1n) is 8.27. The third-order valence-corrected chi connectivity index (χ3v) is 4.00. The predicted octanol–water partition coefficient (Wildman–Crippen LogP) is 4.36. The van der Waals surface area contributed by atoms with Crippen LogP contribution in [0, 0.1) is 10.1 Å². The fraction of sp³-hybridized carbons (Fsp3) is 0. The zero-order valence-electron chi connectivity index (χ0n) is 14.4. The summed E-state index contributed by atoms with van der Waals surface area (Å²) in [5, 5.41) is 15.4. The van der Waals surface area contributed by atoms with Crippen LogP contribution in [-0.2, 0) is 0 Å². The Labute approximate surface area is 158 Å². The molecule has 4 aromatic rings. The quantitative estimate of drug-likeness (QED) is 0.316. The van der Waals surface area contributed by atoms with Gasteiger partial charge in [0.25, 0.3) is 5.69 Å². The third kappa shape index (κ3) is 3.51. The van der Waals surface area contributed by atoms with Gasteiger partial charge in [0.2, 0.25) is 0 Å². The zero-order chi connectivity index (χ0) is 19.5. The van der Waals surface area contributed by atoms with Gasteiger partial charge in [0.15, 0.2) is 5.76 Å². The van der Waals surface area contributed by atoms with Crippen molar-refractivity contribution in [1.82, 2.24) is 5.43 Å². The second kappa shape index (κ2) is 7.20. The van der Waals surface area contributed by atoms with Crippen molar-refractivity contribution in [3.63, 3.8) is 0 Å². The number of carbonyl (C=O) groups is 1. The van der Waals surface area contributed by atoms with Crippen molar-refractivity contribution in [2.75, 3.05) is 0 Å². The molecule has 0 fully saturated rings. The number of non-ortho nitro benzene ring substituents is 1. The van der Waals surface area contributed by atoms with Gasteiger partial charge >= 0.3 is 5.91 Å². The fourth-order valence-corrected chi connectivity index (χ4v) is 2.63. The lowest BCUT2D eigenvalue weighted by Gasteiger charge is -1.96. The molecule has 1 amide bonds. The summed E-state index contributed by atoms with van der Waals surface area (Å²) in [6.07, 6.45) is 1.36. The van der Waals surface area contributed by atoms with Crippen molar-refractivity contribution in [1.29, 1.82) is 0 Å². The molecular weight excluding hydrogens is 362 g/mol. The van der Waals surface area contributed by atoms with E-state index >= 15 is 0 Å². The molecule has 0 unspecified atom stereocenters. The van der Waals surface area contributed by atoms with Crippen molar-refractivity contribution < 1.29 is 18.6 Å². The maximum Gasteiger partial charge on any atom is 0.307 e. The Morgan fingerprint density at radius 1 is 1.04 bits per heavy atom. The number of hydrogen-bond donors (Lipinski definition) is 1. The van der Waals surface area contributed by atoms with Crippen LogP contribution in [0.5, 0.6) is 0 Å². The van der Waals surface area contributed by atoms with Gasteiger partial charge in [0.05, 0.1) is 11.1 Å². The lowest BCUT2D eigenvalue weighted by molar-refractivity contribution is -0.384. The number of nitro benzene ring substituents is 1. The first-order valence-corrected chi connectivity index (χ1v) is 8.27. The van der Waals surface area contributed by atoms with Crippen LogP contribution in [0.25, 0.3) is 22.3 Å². The summed E-state index contributed by atoms with van der Waals surface area (Å²) in [6, 6.07) is 18.3. The molecule has 8 nitrogen and oxygen atoms in total. The lowest BCUT2D eigenvalue weighted by Crippen LogP contribution is -2.16. The highest BCUT2D eigenvalue weighted by atomic mass is 16.6. The molecule has 0 atom stereocenters. The van der Waals surface area contributed by atoms with Crippen LogP contribution in [0.4, 0.5) is 5.69 Å². The Balaban J connectivity index is 1.42. The number of carbonyl (C=O) groups excluding carboxylic acids is 1. The van der Waals surface area contributed by atoms with E-state index in [0.29, 0.717) is 22.7 Å². The molecule has 1 N–H and O–H groups in total. The Kier molecular flexibility index (Phi) is 4.43. The van der Waals surface area contributed by atoms with Crippen LogP contribution in [0.2, 0.25) is 0 Å². The molecular formula is C20H13N3O5. The van der Waals surface area contributed by atoms with Gasteiger partial charge in [0.1, 0.15) is 17.1 Å². The highest BCUT2D eigenvalue weighted by Crippen LogP contribution is 2.24. The van der Waals surface area contributed by atoms with Gasteiger partial charge in [-0.2, -0.15) is 5.10 Å². The molecule has 0 aliphatic carbocycles. The molecule has 28 heavy (non-hydrogen) atoms. The van der Waals surface area contributed by atoms with Gasteiger partial charge in [-0.3, -0.25) is 14.9 Å². The molecule has 0 aliphatic rings. The maximum absolute atomic E-state index is 12.1. The summed E-state index contributed by atoms with van der Waals surface area (Å²) in [5.41, 5.74) is 3.70. The van der Waals surface area contributed by atoms with Gasteiger partial charge in [-0.05, 0) is 36.4 Å². The van der Waals surface area contributed by atoms with E-state index in [4.69, 9.17) is 8.83 Å². The number of nitrogens with one attached hydrogen (secondary N) is 1. The minimum absolute atomic E-state index is 0.00499. The highest BCUT2D eigenvalue weighted by Gasteiger charge is 2.11. The molecule has 2 aromatic heterocycles. The number of para-hydroxylation sites is 1. The topological polar surface area (TPSA) is 111 Å². The van der Waals surface area contributed by atoms with Crippen molar-refractivity contribution in [2.24, 2.45) is 5.10 Å². The van der Waals surface area contributed by atoms with E-state index in [1.165, 1.54) is 18.3 Å².